The van der Waals surface area contributed by atoms with Gasteiger partial charge < -0.3 is 9.64 Å². The molecule has 1 saturated heterocycles. The molecule has 1 fully saturated rings. The largest absolute Gasteiger partial charge is 0.494 e. The van der Waals surface area contributed by atoms with E-state index in [1.807, 2.05) is 0 Å². The summed E-state index contributed by atoms with van der Waals surface area (Å²) in [5.41, 5.74) is 0. The summed E-state index contributed by atoms with van der Waals surface area (Å²) in [7, 11) is -1.27. The highest BCUT2D eigenvalue weighted by atomic mass is 32.2. The number of hydrogen-bond acceptors (Lipinski definition) is 3. The Labute approximate surface area is 127 Å². The third-order valence-corrected chi connectivity index (χ3v) is 5.72. The van der Waals surface area contributed by atoms with Crippen molar-refractivity contribution < 1.29 is 18.1 Å². The van der Waals surface area contributed by atoms with Gasteiger partial charge in [-0.05, 0) is 30.7 Å². The molecule has 1 N–H and O–H groups in total. The van der Waals surface area contributed by atoms with Crippen LogP contribution in [0.3, 0.4) is 0 Å². The average molecular weight is 313 g/mol. The molecule has 1 aromatic carbocycles. The monoisotopic (exact) mass is 313 g/mol. The van der Waals surface area contributed by atoms with E-state index in [0.717, 1.165) is 31.7 Å². The highest BCUT2D eigenvalue weighted by Crippen LogP contribution is 2.19. The van der Waals surface area contributed by atoms with Crippen LogP contribution in [0.1, 0.15) is 19.8 Å². The van der Waals surface area contributed by atoms with E-state index in [-0.39, 0.29) is 0 Å². The number of likely N-dealkylation sites (N-methyl/N-ethyl adjacent to an activating group) is 1. The summed E-state index contributed by atoms with van der Waals surface area (Å²) in [5.74, 6) is 0.727. The smallest absolute Gasteiger partial charge is 0.243 e. The number of nitrogens with one attached hydrogen (secondary N) is 1. The first kappa shape index (κ1) is 16.3. The van der Waals surface area contributed by atoms with E-state index < -0.39 is 10.0 Å². The van der Waals surface area contributed by atoms with Gasteiger partial charge in [-0.3, -0.25) is 0 Å². The molecule has 0 radical (unpaired) electrons. The van der Waals surface area contributed by atoms with Crippen LogP contribution in [0, 0.1) is 0 Å². The van der Waals surface area contributed by atoms with Gasteiger partial charge in [-0.1, -0.05) is 13.3 Å². The third-order valence-electron chi connectivity index (χ3n) is 3.80. The first-order valence-electron chi connectivity index (χ1n) is 7.58. The summed E-state index contributed by atoms with van der Waals surface area (Å²) in [6.07, 6.45) is 2.08. The molecular formula is C15H25N2O3S+. The molecule has 1 aliphatic heterocycles. The zero-order valence-corrected chi connectivity index (χ0v) is 13.7. The highest BCUT2D eigenvalue weighted by Gasteiger charge is 2.28. The minimum atomic E-state index is -3.36. The number of rotatable bonds is 6. The topological polar surface area (TPSA) is 51.1 Å². The van der Waals surface area contributed by atoms with Crippen molar-refractivity contribution in [2.24, 2.45) is 0 Å². The summed E-state index contributed by atoms with van der Waals surface area (Å²) in [6.45, 7) is 5.67. The number of piperazine rings is 1. The van der Waals surface area contributed by atoms with E-state index in [1.54, 1.807) is 28.6 Å². The lowest BCUT2D eigenvalue weighted by Gasteiger charge is -2.29. The minimum absolute atomic E-state index is 0.352. The molecule has 0 aromatic heterocycles. The van der Waals surface area contributed by atoms with Gasteiger partial charge in [-0.25, -0.2) is 8.42 Å². The maximum atomic E-state index is 12.5. The van der Waals surface area contributed by atoms with Gasteiger partial charge in [-0.2, -0.15) is 4.31 Å². The number of quaternary nitrogens is 1. The Morgan fingerprint density at radius 1 is 1.19 bits per heavy atom. The molecule has 1 aromatic rings. The van der Waals surface area contributed by atoms with Gasteiger partial charge in [0.25, 0.3) is 0 Å². The van der Waals surface area contributed by atoms with Crippen LogP contribution in [0.25, 0.3) is 0 Å². The van der Waals surface area contributed by atoms with Crippen LogP contribution in [0.2, 0.25) is 0 Å². The van der Waals surface area contributed by atoms with Crippen LogP contribution in [0.5, 0.6) is 5.75 Å². The molecule has 21 heavy (non-hydrogen) atoms. The number of nitrogens with zero attached hydrogens (tertiary/aromatic N) is 1. The Balaban J connectivity index is 2.03. The predicted octanol–water partition coefficient (Wildman–Crippen LogP) is 0.385. The van der Waals surface area contributed by atoms with E-state index in [4.69, 9.17) is 4.74 Å². The zero-order valence-electron chi connectivity index (χ0n) is 12.8. The number of hydrogen-bond donors (Lipinski definition) is 1. The Kier molecular flexibility index (Phi) is 5.61. The van der Waals surface area contributed by atoms with Crippen molar-refractivity contribution in [3.63, 3.8) is 0 Å². The summed E-state index contributed by atoms with van der Waals surface area (Å²) < 4.78 is 32.2. The molecule has 0 spiro atoms. The lowest BCUT2D eigenvalue weighted by Crippen LogP contribution is -3.12. The molecule has 0 bridgehead atoms. The summed E-state index contributed by atoms with van der Waals surface area (Å²) in [4.78, 5) is 1.73. The fourth-order valence-corrected chi connectivity index (χ4v) is 3.74. The van der Waals surface area contributed by atoms with E-state index in [0.29, 0.717) is 24.6 Å². The molecule has 1 aliphatic rings. The lowest BCUT2D eigenvalue weighted by atomic mass is 10.3. The molecule has 0 atom stereocenters. The van der Waals surface area contributed by atoms with Crippen LogP contribution in [0.4, 0.5) is 0 Å². The van der Waals surface area contributed by atoms with Crippen LogP contribution in [0.15, 0.2) is 29.2 Å². The Morgan fingerprint density at radius 2 is 1.81 bits per heavy atom. The SMILES string of the molecule is CCCCOc1ccc(S(=O)(=O)N2CC[NH+](C)CC2)cc1. The third kappa shape index (κ3) is 4.18. The first-order chi connectivity index (χ1) is 10.0. The van der Waals surface area contributed by atoms with Crippen molar-refractivity contribution in [2.45, 2.75) is 24.7 Å². The minimum Gasteiger partial charge on any atom is -0.494 e. The van der Waals surface area contributed by atoms with Crippen molar-refractivity contribution in [2.75, 3.05) is 39.8 Å². The summed E-state index contributed by atoms with van der Waals surface area (Å²) >= 11 is 0. The second kappa shape index (κ2) is 7.24. The van der Waals surface area contributed by atoms with Gasteiger partial charge in [0.2, 0.25) is 10.0 Å². The van der Waals surface area contributed by atoms with Crippen molar-refractivity contribution in [3.05, 3.63) is 24.3 Å². The molecule has 0 unspecified atom stereocenters. The fraction of sp³-hybridized carbons (Fsp3) is 0.600. The highest BCUT2D eigenvalue weighted by molar-refractivity contribution is 7.89. The molecular weight excluding hydrogens is 288 g/mol. The predicted molar refractivity (Wildman–Crippen MR) is 82.2 cm³/mol. The van der Waals surface area contributed by atoms with Gasteiger partial charge >= 0.3 is 0 Å². The van der Waals surface area contributed by atoms with Crippen molar-refractivity contribution in [3.8, 4) is 5.75 Å². The summed E-state index contributed by atoms with van der Waals surface area (Å²) in [6, 6.07) is 6.76. The molecule has 5 nitrogen and oxygen atoms in total. The van der Waals surface area contributed by atoms with Gasteiger partial charge in [0, 0.05) is 0 Å². The van der Waals surface area contributed by atoms with Gasteiger partial charge in [0.15, 0.2) is 0 Å². The maximum Gasteiger partial charge on any atom is 0.243 e. The number of unbranched alkanes of at least 4 members (excludes halogenated alkanes) is 1. The van der Waals surface area contributed by atoms with E-state index in [9.17, 15) is 8.42 Å². The number of sulfonamides is 1. The molecule has 2 rings (SSSR count). The van der Waals surface area contributed by atoms with Crippen LogP contribution >= 0.6 is 0 Å². The van der Waals surface area contributed by atoms with E-state index in [2.05, 4.69) is 14.0 Å². The number of ether oxygens (including phenoxy) is 1. The van der Waals surface area contributed by atoms with Crippen LogP contribution in [-0.2, 0) is 10.0 Å². The first-order valence-corrected chi connectivity index (χ1v) is 9.02. The maximum absolute atomic E-state index is 12.5. The normalized spacial score (nSPS) is 17.8. The van der Waals surface area contributed by atoms with E-state index >= 15 is 0 Å². The van der Waals surface area contributed by atoms with Gasteiger partial charge in [-0.15, -0.1) is 0 Å². The van der Waals surface area contributed by atoms with Gasteiger partial charge in [0.1, 0.15) is 5.75 Å². The second-order valence-corrected chi connectivity index (χ2v) is 7.47. The Morgan fingerprint density at radius 3 is 2.38 bits per heavy atom. The van der Waals surface area contributed by atoms with Crippen molar-refractivity contribution in [1.82, 2.24) is 4.31 Å². The van der Waals surface area contributed by atoms with E-state index in [1.165, 1.54) is 4.90 Å². The molecule has 0 saturated carbocycles. The molecule has 1 heterocycles. The fourth-order valence-electron chi connectivity index (χ4n) is 2.30. The number of benzene rings is 1. The Bertz CT molecular complexity index is 535. The molecule has 118 valence electrons. The average Bonchev–Trinajstić information content (AvgIpc) is 2.48. The Hall–Kier alpha value is -1.11. The molecule has 0 amide bonds. The molecule has 0 aliphatic carbocycles. The van der Waals surface area contributed by atoms with Gasteiger partial charge in [0.05, 0.1) is 44.7 Å². The molecule has 6 heteroatoms. The van der Waals surface area contributed by atoms with Crippen molar-refractivity contribution in [1.29, 1.82) is 0 Å². The summed E-state index contributed by atoms with van der Waals surface area (Å²) in [5, 5.41) is 0. The van der Waals surface area contributed by atoms with Crippen molar-refractivity contribution >= 4 is 10.0 Å². The second-order valence-electron chi connectivity index (χ2n) is 5.53. The quantitative estimate of drug-likeness (QED) is 0.773. The standard InChI is InChI=1S/C15H24N2O3S/c1-3-4-13-20-14-5-7-15(8-6-14)21(18,19)17-11-9-16(2)10-12-17/h5-8H,3-4,9-13H2,1-2H3/p+1. The lowest BCUT2D eigenvalue weighted by molar-refractivity contribution is -0.883. The van der Waals surface area contributed by atoms with Crippen LogP contribution in [-0.4, -0.2) is 52.6 Å². The zero-order chi connectivity index (χ0) is 15.3. The van der Waals surface area contributed by atoms with Crippen LogP contribution < -0.4 is 9.64 Å².